The van der Waals surface area contributed by atoms with Gasteiger partial charge in [-0.25, -0.2) is 0 Å². The molecule has 0 saturated carbocycles. The third-order valence-electron chi connectivity index (χ3n) is 5.65. The van der Waals surface area contributed by atoms with E-state index < -0.39 is 26.3 Å². The number of hydrogen-bond acceptors (Lipinski definition) is 4. The van der Waals surface area contributed by atoms with Crippen molar-refractivity contribution in [1.29, 1.82) is 0 Å². The molecule has 29 heavy (non-hydrogen) atoms. The second kappa shape index (κ2) is 9.70. The van der Waals surface area contributed by atoms with Gasteiger partial charge in [0.05, 0.1) is 19.1 Å². The first-order valence-electron chi connectivity index (χ1n) is 10.2. The first-order chi connectivity index (χ1) is 13.6. The minimum atomic E-state index is -2.66. The summed E-state index contributed by atoms with van der Waals surface area (Å²) in [7, 11) is -1.31. The normalized spacial score (nSPS) is 15.4. The van der Waals surface area contributed by atoms with Crippen LogP contribution in [-0.4, -0.2) is 39.2 Å². The van der Waals surface area contributed by atoms with E-state index in [1.54, 1.807) is 6.92 Å². The summed E-state index contributed by atoms with van der Waals surface area (Å²) in [5, 5.41) is 12.9. The number of benzene rings is 2. The van der Waals surface area contributed by atoms with Gasteiger partial charge in [0.15, 0.2) is 0 Å². The smallest absolute Gasteiger partial charge is 0.311 e. The standard InChI is InChI=1S/C24H34O4Si/c1-18(22(25)19(2)23(26)27-6)17-28-29(24(3,4)5,20-13-9-7-10-14-20)21-15-11-8-12-16-21/h7-16,18-19,22,25H,17H2,1-6H3/t18-,19-,22+/m0/s1. The Hall–Kier alpha value is -1.95. The Morgan fingerprint density at radius 2 is 1.41 bits per heavy atom. The highest BCUT2D eigenvalue weighted by Crippen LogP contribution is 2.37. The van der Waals surface area contributed by atoms with Crippen LogP contribution >= 0.6 is 0 Å². The lowest BCUT2D eigenvalue weighted by Crippen LogP contribution is -2.67. The van der Waals surface area contributed by atoms with Crippen molar-refractivity contribution < 1.29 is 19.1 Å². The monoisotopic (exact) mass is 414 g/mol. The number of aliphatic hydroxyl groups excluding tert-OH is 1. The number of ether oxygens (including phenoxy) is 1. The van der Waals surface area contributed by atoms with Crippen LogP contribution < -0.4 is 10.4 Å². The Balaban J connectivity index is 2.43. The van der Waals surface area contributed by atoms with Gasteiger partial charge in [0, 0.05) is 12.5 Å². The molecular weight excluding hydrogens is 380 g/mol. The van der Waals surface area contributed by atoms with E-state index in [-0.39, 0.29) is 11.0 Å². The van der Waals surface area contributed by atoms with Gasteiger partial charge in [0.1, 0.15) is 0 Å². The average molecular weight is 415 g/mol. The van der Waals surface area contributed by atoms with Crippen LogP contribution in [0.5, 0.6) is 0 Å². The molecule has 0 radical (unpaired) electrons. The quantitative estimate of drug-likeness (QED) is 0.532. The molecule has 5 heteroatoms. The average Bonchev–Trinajstić information content (AvgIpc) is 2.72. The van der Waals surface area contributed by atoms with Gasteiger partial charge < -0.3 is 14.3 Å². The molecular formula is C24H34O4Si. The molecule has 2 aromatic rings. The number of esters is 1. The highest BCUT2D eigenvalue weighted by Gasteiger charge is 2.50. The summed E-state index contributed by atoms with van der Waals surface area (Å²) in [5.74, 6) is -1.22. The zero-order valence-electron chi connectivity index (χ0n) is 18.4. The number of methoxy groups -OCH3 is 1. The fraction of sp³-hybridized carbons (Fsp3) is 0.458. The third kappa shape index (κ3) is 4.97. The summed E-state index contributed by atoms with van der Waals surface area (Å²) >= 11 is 0. The summed E-state index contributed by atoms with van der Waals surface area (Å²) in [5.41, 5.74) is 0. The van der Waals surface area contributed by atoms with Crippen molar-refractivity contribution in [3.05, 3.63) is 60.7 Å². The predicted octanol–water partition coefficient (Wildman–Crippen LogP) is 3.37. The summed E-state index contributed by atoms with van der Waals surface area (Å²) in [4.78, 5) is 11.8. The summed E-state index contributed by atoms with van der Waals surface area (Å²) in [6.45, 7) is 10.6. The molecule has 0 unspecified atom stereocenters. The lowest BCUT2D eigenvalue weighted by atomic mass is 9.94. The Morgan fingerprint density at radius 1 is 0.966 bits per heavy atom. The first-order valence-corrected chi connectivity index (χ1v) is 12.1. The molecule has 0 bridgehead atoms. The van der Waals surface area contributed by atoms with Crippen molar-refractivity contribution in [2.45, 2.75) is 45.8 Å². The van der Waals surface area contributed by atoms with Gasteiger partial charge in [0.2, 0.25) is 0 Å². The van der Waals surface area contributed by atoms with Crippen molar-refractivity contribution in [2.75, 3.05) is 13.7 Å². The number of hydrogen-bond donors (Lipinski definition) is 1. The molecule has 0 heterocycles. The Labute approximate surface area is 176 Å². The highest BCUT2D eigenvalue weighted by molar-refractivity contribution is 6.99. The Kier molecular flexibility index (Phi) is 7.80. The van der Waals surface area contributed by atoms with Gasteiger partial charge in [-0.2, -0.15) is 0 Å². The largest absolute Gasteiger partial charge is 0.469 e. The van der Waals surface area contributed by atoms with Gasteiger partial charge >= 0.3 is 5.97 Å². The molecule has 0 aromatic heterocycles. The molecule has 3 atom stereocenters. The van der Waals surface area contributed by atoms with E-state index >= 15 is 0 Å². The minimum absolute atomic E-state index is 0.131. The maximum atomic E-state index is 11.8. The fourth-order valence-corrected chi connectivity index (χ4v) is 8.60. The first kappa shape index (κ1) is 23.3. The summed E-state index contributed by atoms with van der Waals surface area (Å²) < 4.78 is 11.6. The van der Waals surface area contributed by atoms with E-state index in [2.05, 4.69) is 45.0 Å². The maximum Gasteiger partial charge on any atom is 0.311 e. The molecule has 0 saturated heterocycles. The zero-order chi connectivity index (χ0) is 21.7. The number of carbonyl (C=O) groups excluding carboxylic acids is 1. The van der Waals surface area contributed by atoms with E-state index in [1.807, 2.05) is 43.3 Å². The molecule has 2 rings (SSSR count). The number of aliphatic hydroxyl groups is 1. The number of carbonyl (C=O) groups is 1. The van der Waals surface area contributed by atoms with Gasteiger partial charge in [-0.15, -0.1) is 0 Å². The van der Waals surface area contributed by atoms with E-state index in [1.165, 1.54) is 17.5 Å². The lowest BCUT2D eigenvalue weighted by Gasteiger charge is -2.44. The summed E-state index contributed by atoms with van der Waals surface area (Å²) in [6.07, 6.45) is -0.833. The topological polar surface area (TPSA) is 55.8 Å². The third-order valence-corrected chi connectivity index (χ3v) is 10.7. The molecule has 2 aromatic carbocycles. The van der Waals surface area contributed by atoms with Crippen LogP contribution in [-0.2, 0) is 14.0 Å². The fourth-order valence-electron chi connectivity index (χ4n) is 3.93. The molecule has 158 valence electrons. The van der Waals surface area contributed by atoms with Crippen LogP contribution in [0.4, 0.5) is 0 Å². The van der Waals surface area contributed by atoms with Gasteiger partial charge in [-0.1, -0.05) is 88.4 Å². The molecule has 4 nitrogen and oxygen atoms in total. The van der Waals surface area contributed by atoms with E-state index in [9.17, 15) is 9.90 Å². The van der Waals surface area contributed by atoms with Crippen LogP contribution in [0.2, 0.25) is 5.04 Å². The van der Waals surface area contributed by atoms with E-state index in [4.69, 9.17) is 9.16 Å². The molecule has 0 fully saturated rings. The van der Waals surface area contributed by atoms with Crippen molar-refractivity contribution in [2.24, 2.45) is 11.8 Å². The molecule has 0 aliphatic heterocycles. The van der Waals surface area contributed by atoms with Crippen molar-refractivity contribution in [3.8, 4) is 0 Å². The molecule has 0 aliphatic rings. The maximum absolute atomic E-state index is 11.8. The second-order valence-corrected chi connectivity index (χ2v) is 13.1. The van der Waals surface area contributed by atoms with Crippen LogP contribution in [0.25, 0.3) is 0 Å². The molecule has 0 aliphatic carbocycles. The Bertz CT molecular complexity index is 731. The van der Waals surface area contributed by atoms with Gasteiger partial charge in [-0.05, 0) is 22.3 Å². The summed E-state index contributed by atoms with van der Waals surface area (Å²) in [6, 6.07) is 20.8. The van der Waals surface area contributed by atoms with Crippen LogP contribution in [0.15, 0.2) is 60.7 Å². The highest BCUT2D eigenvalue weighted by atomic mass is 28.4. The van der Waals surface area contributed by atoms with Crippen LogP contribution in [0.3, 0.4) is 0 Å². The minimum Gasteiger partial charge on any atom is -0.469 e. The predicted molar refractivity (Wildman–Crippen MR) is 120 cm³/mol. The van der Waals surface area contributed by atoms with Crippen LogP contribution in [0, 0.1) is 11.8 Å². The molecule has 0 spiro atoms. The second-order valence-electron chi connectivity index (χ2n) is 8.75. The molecule has 1 N–H and O–H groups in total. The zero-order valence-corrected chi connectivity index (χ0v) is 19.4. The number of rotatable bonds is 8. The van der Waals surface area contributed by atoms with Gasteiger partial charge in [0.25, 0.3) is 8.32 Å². The van der Waals surface area contributed by atoms with Crippen molar-refractivity contribution in [1.82, 2.24) is 0 Å². The van der Waals surface area contributed by atoms with E-state index in [0.717, 1.165) is 0 Å². The van der Waals surface area contributed by atoms with Crippen molar-refractivity contribution >= 4 is 24.7 Å². The van der Waals surface area contributed by atoms with Crippen LogP contribution in [0.1, 0.15) is 34.6 Å². The van der Waals surface area contributed by atoms with Gasteiger partial charge in [-0.3, -0.25) is 4.79 Å². The van der Waals surface area contributed by atoms with Crippen molar-refractivity contribution in [3.63, 3.8) is 0 Å². The molecule has 0 amide bonds. The Morgan fingerprint density at radius 3 is 1.79 bits per heavy atom. The van der Waals surface area contributed by atoms with E-state index in [0.29, 0.717) is 6.61 Å². The lowest BCUT2D eigenvalue weighted by molar-refractivity contribution is -0.150. The SMILES string of the molecule is COC(=O)[C@@H](C)[C@H](O)[C@@H](C)CO[Si](c1ccccc1)(c1ccccc1)C(C)(C)C.